The van der Waals surface area contributed by atoms with Crippen LogP contribution in [0.4, 0.5) is 0 Å². The van der Waals surface area contributed by atoms with Gasteiger partial charge in [-0.05, 0) is 18.9 Å². The number of benzene rings is 1. The smallest absolute Gasteiger partial charge is 0.151 e. The molecular formula is C12H17NO2S. The fourth-order valence-corrected chi connectivity index (χ4v) is 3.93. The maximum Gasteiger partial charge on any atom is 0.151 e. The lowest BCUT2D eigenvalue weighted by Crippen LogP contribution is -2.41. The van der Waals surface area contributed by atoms with Gasteiger partial charge in [0, 0.05) is 12.0 Å². The summed E-state index contributed by atoms with van der Waals surface area (Å²) < 4.78 is 22.8. The first-order chi connectivity index (χ1) is 7.48. The van der Waals surface area contributed by atoms with E-state index in [1.165, 1.54) is 11.1 Å². The molecule has 1 aromatic rings. The van der Waals surface area contributed by atoms with Gasteiger partial charge in [0.05, 0.1) is 11.5 Å². The first-order valence-electron chi connectivity index (χ1n) is 5.50. The highest BCUT2D eigenvalue weighted by molar-refractivity contribution is 7.91. The SMILES string of the molecule is Cc1cccc(C2CCS(=O)(=O)CC2N)c1. The van der Waals surface area contributed by atoms with Crippen LogP contribution in [-0.2, 0) is 9.84 Å². The Labute approximate surface area is 96.6 Å². The molecule has 3 nitrogen and oxygen atoms in total. The largest absolute Gasteiger partial charge is 0.326 e. The third-order valence-electron chi connectivity index (χ3n) is 3.17. The summed E-state index contributed by atoms with van der Waals surface area (Å²) in [7, 11) is -2.91. The zero-order valence-corrected chi connectivity index (χ0v) is 10.2. The molecule has 0 bridgehead atoms. The van der Waals surface area contributed by atoms with E-state index in [0.29, 0.717) is 6.42 Å². The zero-order valence-electron chi connectivity index (χ0n) is 9.39. The Bertz CT molecular complexity index is 482. The van der Waals surface area contributed by atoms with Crippen LogP contribution in [-0.4, -0.2) is 26.0 Å². The van der Waals surface area contributed by atoms with E-state index in [-0.39, 0.29) is 23.5 Å². The standard InChI is InChI=1S/C12H17NO2S/c1-9-3-2-4-10(7-9)11-5-6-16(14,15)8-12(11)13/h2-4,7,11-12H,5-6,8,13H2,1H3. The third-order valence-corrected chi connectivity index (χ3v) is 4.92. The number of nitrogens with two attached hydrogens (primary N) is 1. The van der Waals surface area contributed by atoms with Crippen molar-refractivity contribution >= 4 is 9.84 Å². The predicted octanol–water partition coefficient (Wildman–Crippen LogP) is 1.22. The van der Waals surface area contributed by atoms with E-state index in [2.05, 4.69) is 6.07 Å². The number of hydrogen-bond donors (Lipinski definition) is 1. The Morgan fingerprint density at radius 1 is 1.38 bits per heavy atom. The molecule has 1 fully saturated rings. The van der Waals surface area contributed by atoms with Crippen LogP contribution in [0.3, 0.4) is 0 Å². The molecule has 2 unspecified atom stereocenters. The lowest BCUT2D eigenvalue weighted by molar-refractivity contribution is 0.505. The summed E-state index contributed by atoms with van der Waals surface area (Å²) in [5.74, 6) is 0.564. The lowest BCUT2D eigenvalue weighted by Gasteiger charge is -2.29. The van der Waals surface area contributed by atoms with Gasteiger partial charge in [0.15, 0.2) is 9.84 Å². The third kappa shape index (κ3) is 2.44. The fourth-order valence-electron chi connectivity index (χ4n) is 2.33. The van der Waals surface area contributed by atoms with Crippen molar-refractivity contribution in [2.24, 2.45) is 5.73 Å². The van der Waals surface area contributed by atoms with Gasteiger partial charge in [-0.1, -0.05) is 29.8 Å². The second-order valence-corrected chi connectivity index (χ2v) is 6.82. The highest BCUT2D eigenvalue weighted by atomic mass is 32.2. The van der Waals surface area contributed by atoms with E-state index in [1.807, 2.05) is 25.1 Å². The van der Waals surface area contributed by atoms with Crippen LogP contribution in [0, 0.1) is 6.92 Å². The normalized spacial score (nSPS) is 28.9. The fraction of sp³-hybridized carbons (Fsp3) is 0.500. The van der Waals surface area contributed by atoms with Crippen LogP contribution >= 0.6 is 0 Å². The molecular weight excluding hydrogens is 222 g/mol. The first kappa shape index (κ1) is 11.6. The van der Waals surface area contributed by atoms with Crippen LogP contribution in [0.5, 0.6) is 0 Å². The van der Waals surface area contributed by atoms with Crippen LogP contribution in [0.25, 0.3) is 0 Å². The molecule has 2 rings (SSSR count). The number of aryl methyl sites for hydroxylation is 1. The van der Waals surface area contributed by atoms with Crippen LogP contribution in [0.2, 0.25) is 0 Å². The second-order valence-electron chi connectivity index (χ2n) is 4.59. The van der Waals surface area contributed by atoms with E-state index >= 15 is 0 Å². The Kier molecular flexibility index (Phi) is 3.04. The molecule has 0 aromatic heterocycles. The minimum atomic E-state index is -2.91. The van der Waals surface area contributed by atoms with Crippen molar-refractivity contribution in [2.45, 2.75) is 25.3 Å². The van der Waals surface area contributed by atoms with Crippen LogP contribution in [0.15, 0.2) is 24.3 Å². The summed E-state index contributed by atoms with van der Waals surface area (Å²) in [6.45, 7) is 2.04. The summed E-state index contributed by atoms with van der Waals surface area (Å²) in [6.07, 6.45) is 0.646. The molecule has 0 spiro atoms. The van der Waals surface area contributed by atoms with Gasteiger partial charge in [0.25, 0.3) is 0 Å². The Morgan fingerprint density at radius 3 is 2.75 bits per heavy atom. The lowest BCUT2D eigenvalue weighted by atomic mass is 9.89. The molecule has 1 saturated heterocycles. The molecule has 4 heteroatoms. The van der Waals surface area contributed by atoms with Gasteiger partial charge in [-0.3, -0.25) is 0 Å². The summed E-state index contributed by atoms with van der Waals surface area (Å²) in [4.78, 5) is 0. The quantitative estimate of drug-likeness (QED) is 0.801. The maximum atomic E-state index is 11.4. The van der Waals surface area contributed by atoms with Gasteiger partial charge in [0.1, 0.15) is 0 Å². The van der Waals surface area contributed by atoms with Crippen molar-refractivity contribution in [3.8, 4) is 0 Å². The molecule has 1 heterocycles. The molecule has 0 aliphatic carbocycles. The minimum Gasteiger partial charge on any atom is -0.326 e. The van der Waals surface area contributed by atoms with Gasteiger partial charge in [-0.2, -0.15) is 0 Å². The van der Waals surface area contributed by atoms with Gasteiger partial charge in [0.2, 0.25) is 0 Å². The Hall–Kier alpha value is -0.870. The molecule has 16 heavy (non-hydrogen) atoms. The molecule has 2 atom stereocenters. The predicted molar refractivity (Wildman–Crippen MR) is 65.2 cm³/mol. The molecule has 0 radical (unpaired) electrons. The van der Waals surface area contributed by atoms with Crippen molar-refractivity contribution in [1.82, 2.24) is 0 Å². The Balaban J connectivity index is 2.24. The molecule has 88 valence electrons. The van der Waals surface area contributed by atoms with Gasteiger partial charge < -0.3 is 5.73 Å². The van der Waals surface area contributed by atoms with E-state index in [4.69, 9.17) is 5.73 Å². The molecule has 2 N–H and O–H groups in total. The summed E-state index contributed by atoms with van der Waals surface area (Å²) >= 11 is 0. The second kappa shape index (κ2) is 4.18. The van der Waals surface area contributed by atoms with Gasteiger partial charge in [-0.25, -0.2) is 8.42 Å². The van der Waals surface area contributed by atoms with Crippen molar-refractivity contribution in [1.29, 1.82) is 0 Å². The highest BCUT2D eigenvalue weighted by Crippen LogP contribution is 2.28. The summed E-state index contributed by atoms with van der Waals surface area (Å²) in [5.41, 5.74) is 8.32. The molecule has 0 saturated carbocycles. The van der Waals surface area contributed by atoms with Crippen molar-refractivity contribution < 1.29 is 8.42 Å². The first-order valence-corrected chi connectivity index (χ1v) is 7.33. The average molecular weight is 239 g/mol. The monoisotopic (exact) mass is 239 g/mol. The molecule has 1 aliphatic rings. The van der Waals surface area contributed by atoms with E-state index in [9.17, 15) is 8.42 Å². The number of rotatable bonds is 1. The van der Waals surface area contributed by atoms with E-state index in [1.54, 1.807) is 0 Å². The number of sulfone groups is 1. The topological polar surface area (TPSA) is 60.2 Å². The summed E-state index contributed by atoms with van der Waals surface area (Å²) in [5, 5.41) is 0. The zero-order chi connectivity index (χ0) is 11.8. The van der Waals surface area contributed by atoms with Gasteiger partial charge >= 0.3 is 0 Å². The van der Waals surface area contributed by atoms with Crippen molar-refractivity contribution in [2.75, 3.05) is 11.5 Å². The van der Waals surface area contributed by atoms with Crippen LogP contribution in [0.1, 0.15) is 23.5 Å². The highest BCUT2D eigenvalue weighted by Gasteiger charge is 2.31. The van der Waals surface area contributed by atoms with E-state index in [0.717, 1.165) is 0 Å². The van der Waals surface area contributed by atoms with Crippen molar-refractivity contribution in [3.63, 3.8) is 0 Å². The molecule has 1 aliphatic heterocycles. The maximum absolute atomic E-state index is 11.4. The Morgan fingerprint density at radius 2 is 2.12 bits per heavy atom. The molecule has 0 amide bonds. The van der Waals surface area contributed by atoms with Crippen molar-refractivity contribution in [3.05, 3.63) is 35.4 Å². The average Bonchev–Trinajstić information content (AvgIpc) is 2.15. The number of hydrogen-bond acceptors (Lipinski definition) is 3. The van der Waals surface area contributed by atoms with E-state index < -0.39 is 9.84 Å². The molecule has 1 aromatic carbocycles. The summed E-state index contributed by atoms with van der Waals surface area (Å²) in [6, 6.07) is 7.91. The minimum absolute atomic E-state index is 0.117. The van der Waals surface area contributed by atoms with Crippen LogP contribution < -0.4 is 5.73 Å². The van der Waals surface area contributed by atoms with Gasteiger partial charge in [-0.15, -0.1) is 0 Å².